The molecule has 0 aromatic heterocycles. The molecule has 0 atom stereocenters. The maximum atomic E-state index is 12.6. The molecule has 0 unspecified atom stereocenters. The molecule has 10 heteroatoms. The Balaban J connectivity index is 1.41. The van der Waals surface area contributed by atoms with Gasteiger partial charge in [-0.05, 0) is 42.0 Å². The summed E-state index contributed by atoms with van der Waals surface area (Å²) in [7, 11) is -3.61. The van der Waals surface area contributed by atoms with E-state index in [-0.39, 0.29) is 17.1 Å². The molecule has 0 amide bonds. The predicted molar refractivity (Wildman–Crippen MR) is 108 cm³/mol. The Morgan fingerprint density at radius 3 is 2.47 bits per heavy atom. The van der Waals surface area contributed by atoms with Gasteiger partial charge >= 0.3 is 5.97 Å². The second-order valence-corrected chi connectivity index (χ2v) is 9.06. The topological polar surface area (TPSA) is 91.4 Å². The molecule has 0 aliphatic carbocycles. The number of carbonyl (C=O) groups is 1. The van der Waals surface area contributed by atoms with E-state index in [1.165, 1.54) is 28.6 Å². The van der Waals surface area contributed by atoms with Crippen molar-refractivity contribution in [3.05, 3.63) is 52.5 Å². The zero-order valence-corrected chi connectivity index (χ0v) is 17.6. The number of hydrogen-bond acceptors (Lipinski definition) is 7. The summed E-state index contributed by atoms with van der Waals surface area (Å²) in [5, 5.41) is 0.385. The lowest BCUT2D eigenvalue weighted by Crippen LogP contribution is -2.40. The Morgan fingerprint density at radius 1 is 1.03 bits per heavy atom. The minimum Gasteiger partial charge on any atom is -0.486 e. The minimum atomic E-state index is -3.61. The van der Waals surface area contributed by atoms with Crippen LogP contribution >= 0.6 is 11.6 Å². The van der Waals surface area contributed by atoms with Crippen LogP contribution in [0.5, 0.6) is 11.5 Å². The first-order chi connectivity index (χ1) is 14.4. The average Bonchev–Trinajstić information content (AvgIpc) is 2.78. The molecule has 0 radical (unpaired) electrons. The Labute approximate surface area is 179 Å². The third-order valence-corrected chi connectivity index (χ3v) is 6.92. The molecule has 0 spiro atoms. The zero-order chi connectivity index (χ0) is 21.1. The van der Waals surface area contributed by atoms with Crippen molar-refractivity contribution in [1.29, 1.82) is 0 Å². The average molecular weight is 454 g/mol. The maximum Gasteiger partial charge on any atom is 0.338 e. The summed E-state index contributed by atoms with van der Waals surface area (Å²) in [6.45, 7) is 2.20. The monoisotopic (exact) mass is 453 g/mol. The van der Waals surface area contributed by atoms with Crippen LogP contribution in [0.2, 0.25) is 5.02 Å². The van der Waals surface area contributed by atoms with Gasteiger partial charge in [0.25, 0.3) is 0 Å². The minimum absolute atomic E-state index is 0.0109. The fourth-order valence-corrected chi connectivity index (χ4v) is 4.87. The summed E-state index contributed by atoms with van der Waals surface area (Å²) >= 11 is 6.19. The molecule has 2 aliphatic heterocycles. The van der Waals surface area contributed by atoms with Crippen LogP contribution in [0.1, 0.15) is 15.9 Å². The van der Waals surface area contributed by atoms with Crippen molar-refractivity contribution in [2.24, 2.45) is 0 Å². The number of hydrogen-bond donors (Lipinski definition) is 0. The first-order valence-corrected chi connectivity index (χ1v) is 11.2. The van der Waals surface area contributed by atoms with Crippen LogP contribution in [0, 0.1) is 0 Å². The Morgan fingerprint density at radius 2 is 1.73 bits per heavy atom. The normalized spacial score (nSPS) is 16.8. The highest BCUT2D eigenvalue weighted by atomic mass is 35.5. The van der Waals surface area contributed by atoms with Crippen LogP contribution in [0.3, 0.4) is 0 Å². The number of halogens is 1. The Kier molecular flexibility index (Phi) is 6.14. The van der Waals surface area contributed by atoms with Gasteiger partial charge in [0.15, 0.2) is 11.5 Å². The van der Waals surface area contributed by atoms with Crippen LogP contribution in [-0.4, -0.2) is 58.2 Å². The number of rotatable bonds is 5. The molecular weight excluding hydrogens is 434 g/mol. The molecule has 2 aliphatic rings. The van der Waals surface area contributed by atoms with E-state index in [0.717, 1.165) is 0 Å². The first-order valence-electron chi connectivity index (χ1n) is 9.38. The van der Waals surface area contributed by atoms with Crippen molar-refractivity contribution in [2.45, 2.75) is 11.5 Å². The molecule has 4 rings (SSSR count). The molecule has 160 valence electrons. The highest BCUT2D eigenvalue weighted by Crippen LogP contribution is 2.38. The molecule has 2 aromatic rings. The third-order valence-electron chi connectivity index (χ3n) is 4.72. The van der Waals surface area contributed by atoms with Gasteiger partial charge in [-0.3, -0.25) is 0 Å². The summed E-state index contributed by atoms with van der Waals surface area (Å²) in [6, 6.07) is 9.05. The number of fused-ring (bicyclic) bond motifs is 1. The lowest BCUT2D eigenvalue weighted by Gasteiger charge is -2.26. The molecular formula is C20H20ClNO7S. The number of nitrogens with zero attached hydrogens (tertiary/aromatic N) is 1. The molecule has 1 saturated heterocycles. The van der Waals surface area contributed by atoms with Crippen molar-refractivity contribution >= 4 is 27.6 Å². The molecule has 1 fully saturated rings. The van der Waals surface area contributed by atoms with Gasteiger partial charge in [-0.1, -0.05) is 11.6 Å². The number of carbonyl (C=O) groups excluding carboxylic acids is 1. The van der Waals surface area contributed by atoms with Crippen LogP contribution in [0.25, 0.3) is 0 Å². The zero-order valence-electron chi connectivity index (χ0n) is 16.0. The van der Waals surface area contributed by atoms with E-state index in [9.17, 15) is 13.2 Å². The summed E-state index contributed by atoms with van der Waals surface area (Å²) in [5.74, 6) is 0.420. The van der Waals surface area contributed by atoms with Gasteiger partial charge in [-0.2, -0.15) is 4.31 Å². The van der Waals surface area contributed by atoms with Gasteiger partial charge in [0.2, 0.25) is 10.0 Å². The second kappa shape index (κ2) is 8.81. The lowest BCUT2D eigenvalue weighted by atomic mass is 10.2. The van der Waals surface area contributed by atoms with E-state index < -0.39 is 16.0 Å². The van der Waals surface area contributed by atoms with E-state index >= 15 is 0 Å². The quantitative estimate of drug-likeness (QED) is 0.642. The van der Waals surface area contributed by atoms with Crippen LogP contribution < -0.4 is 9.47 Å². The fraction of sp³-hybridized carbons (Fsp3) is 0.350. The number of sulfonamides is 1. The van der Waals surface area contributed by atoms with Gasteiger partial charge < -0.3 is 18.9 Å². The Hall–Kier alpha value is -2.33. The molecule has 0 saturated carbocycles. The highest BCUT2D eigenvalue weighted by molar-refractivity contribution is 7.89. The van der Waals surface area contributed by atoms with Gasteiger partial charge in [0, 0.05) is 13.1 Å². The van der Waals surface area contributed by atoms with Crippen LogP contribution in [0.15, 0.2) is 41.3 Å². The van der Waals surface area contributed by atoms with E-state index in [0.29, 0.717) is 61.6 Å². The third kappa shape index (κ3) is 4.39. The number of esters is 1. The summed E-state index contributed by atoms with van der Waals surface area (Å²) in [6.07, 6.45) is 0. The highest BCUT2D eigenvalue weighted by Gasteiger charge is 2.26. The lowest BCUT2D eigenvalue weighted by molar-refractivity contribution is 0.0472. The first kappa shape index (κ1) is 20.9. The summed E-state index contributed by atoms with van der Waals surface area (Å²) in [5.41, 5.74) is 0.906. The molecule has 30 heavy (non-hydrogen) atoms. The standard InChI is InChI=1S/C20H20ClNO7S/c21-17-11-14(12-18-19(17)28-10-9-27-18)13-29-20(23)15-1-3-16(4-2-15)30(24,25)22-5-7-26-8-6-22/h1-4,11-12H,5-10,13H2. The molecule has 8 nitrogen and oxygen atoms in total. The van der Waals surface area contributed by atoms with E-state index in [2.05, 4.69) is 0 Å². The fourth-order valence-electron chi connectivity index (χ4n) is 3.18. The van der Waals surface area contributed by atoms with Gasteiger partial charge in [0.1, 0.15) is 19.8 Å². The van der Waals surface area contributed by atoms with Crippen molar-refractivity contribution in [2.75, 3.05) is 39.5 Å². The molecule has 2 heterocycles. The van der Waals surface area contributed by atoms with Crippen LogP contribution in [0.4, 0.5) is 0 Å². The van der Waals surface area contributed by atoms with E-state index in [4.69, 9.17) is 30.5 Å². The number of morpholine rings is 1. The van der Waals surface area contributed by atoms with E-state index in [1.807, 2.05) is 0 Å². The summed E-state index contributed by atoms with van der Waals surface area (Å²) in [4.78, 5) is 12.5. The molecule has 2 aromatic carbocycles. The van der Waals surface area contributed by atoms with Crippen molar-refractivity contribution in [1.82, 2.24) is 4.31 Å². The maximum absolute atomic E-state index is 12.6. The van der Waals surface area contributed by atoms with Gasteiger partial charge in [0.05, 0.1) is 28.7 Å². The molecule has 0 bridgehead atoms. The van der Waals surface area contributed by atoms with Crippen molar-refractivity contribution in [3.63, 3.8) is 0 Å². The van der Waals surface area contributed by atoms with Crippen molar-refractivity contribution < 1.29 is 32.2 Å². The number of ether oxygens (including phenoxy) is 4. The van der Waals surface area contributed by atoms with E-state index in [1.54, 1.807) is 12.1 Å². The van der Waals surface area contributed by atoms with Crippen LogP contribution in [-0.2, 0) is 26.1 Å². The predicted octanol–water partition coefficient (Wildman–Crippen LogP) is 2.49. The Bertz CT molecular complexity index is 1030. The van der Waals surface area contributed by atoms with Gasteiger partial charge in [-0.15, -0.1) is 0 Å². The smallest absolute Gasteiger partial charge is 0.338 e. The largest absolute Gasteiger partial charge is 0.486 e. The number of benzene rings is 2. The SMILES string of the molecule is O=C(OCc1cc(Cl)c2c(c1)OCCO2)c1ccc(S(=O)(=O)N2CCOCC2)cc1. The van der Waals surface area contributed by atoms with Gasteiger partial charge in [-0.25, -0.2) is 13.2 Å². The second-order valence-electron chi connectivity index (χ2n) is 6.72. The molecule has 0 N–H and O–H groups in total. The summed E-state index contributed by atoms with van der Waals surface area (Å²) < 4.78 is 48.2. The van der Waals surface area contributed by atoms with Crippen molar-refractivity contribution in [3.8, 4) is 11.5 Å².